The van der Waals surface area contributed by atoms with Gasteiger partial charge in [-0.3, -0.25) is 0 Å². The standard InChI is InChI=1S/C17H17ClF4N4/c18-11-7-4-8-12(19)15(11)25-14-9-13(17(20,21)22)24-16(26-14)23-10-5-2-1-3-6-10/h4,7-10H,1-3,5-6H2,(H2,23,24,25,26). The number of nitrogens with one attached hydrogen (secondary N) is 2. The topological polar surface area (TPSA) is 49.8 Å². The third-order valence-corrected chi connectivity index (χ3v) is 4.49. The van der Waals surface area contributed by atoms with Crippen molar-refractivity contribution in [2.75, 3.05) is 10.6 Å². The molecule has 26 heavy (non-hydrogen) atoms. The van der Waals surface area contributed by atoms with Crippen LogP contribution in [0, 0.1) is 5.82 Å². The van der Waals surface area contributed by atoms with Crippen LogP contribution in [0.25, 0.3) is 0 Å². The third kappa shape index (κ3) is 4.55. The highest BCUT2D eigenvalue weighted by Crippen LogP contribution is 2.33. The first-order chi connectivity index (χ1) is 12.3. The van der Waals surface area contributed by atoms with Crippen molar-refractivity contribution in [2.45, 2.75) is 44.3 Å². The van der Waals surface area contributed by atoms with Gasteiger partial charge in [0.15, 0.2) is 5.69 Å². The molecule has 0 bridgehead atoms. The summed E-state index contributed by atoms with van der Waals surface area (Å²) in [7, 11) is 0. The zero-order valence-electron chi connectivity index (χ0n) is 13.7. The predicted molar refractivity (Wildman–Crippen MR) is 92.2 cm³/mol. The van der Waals surface area contributed by atoms with Crippen LogP contribution in [-0.2, 0) is 6.18 Å². The Morgan fingerprint density at radius 2 is 1.81 bits per heavy atom. The molecule has 9 heteroatoms. The molecule has 0 spiro atoms. The molecule has 0 atom stereocenters. The van der Waals surface area contributed by atoms with Crippen molar-refractivity contribution in [1.82, 2.24) is 9.97 Å². The lowest BCUT2D eigenvalue weighted by Crippen LogP contribution is -2.24. The average Bonchev–Trinajstić information content (AvgIpc) is 2.58. The summed E-state index contributed by atoms with van der Waals surface area (Å²) in [4.78, 5) is 7.63. The monoisotopic (exact) mass is 388 g/mol. The van der Waals surface area contributed by atoms with E-state index >= 15 is 0 Å². The van der Waals surface area contributed by atoms with Crippen molar-refractivity contribution in [3.8, 4) is 0 Å². The number of alkyl halides is 3. The lowest BCUT2D eigenvalue weighted by molar-refractivity contribution is -0.141. The average molecular weight is 389 g/mol. The fraction of sp³-hybridized carbons (Fsp3) is 0.412. The summed E-state index contributed by atoms with van der Waals surface area (Å²) in [6.07, 6.45) is 0.170. The molecule has 2 aromatic rings. The molecule has 140 valence electrons. The van der Waals surface area contributed by atoms with Crippen molar-refractivity contribution in [2.24, 2.45) is 0 Å². The molecule has 1 aromatic heterocycles. The van der Waals surface area contributed by atoms with E-state index in [1.807, 2.05) is 0 Å². The van der Waals surface area contributed by atoms with E-state index < -0.39 is 17.7 Å². The van der Waals surface area contributed by atoms with Crippen molar-refractivity contribution in [3.05, 3.63) is 40.8 Å². The van der Waals surface area contributed by atoms with Gasteiger partial charge in [0, 0.05) is 12.1 Å². The molecule has 1 saturated carbocycles. The summed E-state index contributed by atoms with van der Waals surface area (Å²) in [5.41, 5.74) is -1.25. The number of anilines is 3. The first-order valence-corrected chi connectivity index (χ1v) is 8.64. The normalized spacial score (nSPS) is 15.7. The zero-order chi connectivity index (χ0) is 18.7. The van der Waals surface area contributed by atoms with Crippen molar-refractivity contribution < 1.29 is 17.6 Å². The number of rotatable bonds is 4. The van der Waals surface area contributed by atoms with Gasteiger partial charge >= 0.3 is 6.18 Å². The first-order valence-electron chi connectivity index (χ1n) is 8.27. The SMILES string of the molecule is Fc1cccc(Cl)c1Nc1cc(C(F)(F)F)nc(NC2CCCCC2)n1. The lowest BCUT2D eigenvalue weighted by Gasteiger charge is -2.23. The van der Waals surface area contributed by atoms with Gasteiger partial charge in [-0.05, 0) is 25.0 Å². The third-order valence-electron chi connectivity index (χ3n) is 4.17. The number of para-hydroxylation sites is 1. The molecule has 1 aliphatic carbocycles. The maximum atomic E-state index is 13.9. The molecular formula is C17H17ClF4N4. The summed E-state index contributed by atoms with van der Waals surface area (Å²) in [5.74, 6) is -1.01. The van der Waals surface area contributed by atoms with Crippen LogP contribution in [0.5, 0.6) is 0 Å². The van der Waals surface area contributed by atoms with Crippen LogP contribution in [0.1, 0.15) is 37.8 Å². The minimum absolute atomic E-state index is 0.0251. The minimum Gasteiger partial charge on any atom is -0.351 e. The molecule has 1 aromatic carbocycles. The molecule has 0 aliphatic heterocycles. The van der Waals surface area contributed by atoms with Gasteiger partial charge in [0.05, 0.1) is 10.7 Å². The van der Waals surface area contributed by atoms with E-state index in [9.17, 15) is 17.6 Å². The van der Waals surface area contributed by atoms with E-state index in [1.54, 1.807) is 0 Å². The number of aromatic nitrogens is 2. The Labute approximate surface area is 153 Å². The van der Waals surface area contributed by atoms with Gasteiger partial charge in [0.1, 0.15) is 11.6 Å². The number of hydrogen-bond donors (Lipinski definition) is 2. The van der Waals surface area contributed by atoms with E-state index in [2.05, 4.69) is 20.6 Å². The summed E-state index contributed by atoms with van der Waals surface area (Å²) in [6.45, 7) is 0. The Morgan fingerprint density at radius 1 is 1.08 bits per heavy atom. The molecule has 0 saturated heterocycles. The van der Waals surface area contributed by atoms with Gasteiger partial charge in [-0.25, -0.2) is 9.37 Å². The molecule has 1 heterocycles. The van der Waals surface area contributed by atoms with Gasteiger partial charge in [-0.1, -0.05) is 36.9 Å². The van der Waals surface area contributed by atoms with Crippen LogP contribution < -0.4 is 10.6 Å². The molecule has 0 amide bonds. The van der Waals surface area contributed by atoms with Crippen LogP contribution in [0.3, 0.4) is 0 Å². The smallest absolute Gasteiger partial charge is 0.351 e. The van der Waals surface area contributed by atoms with Crippen LogP contribution in [0.2, 0.25) is 5.02 Å². The van der Waals surface area contributed by atoms with Gasteiger partial charge in [0.2, 0.25) is 5.95 Å². The summed E-state index contributed by atoms with van der Waals surface area (Å²) in [5, 5.41) is 5.53. The van der Waals surface area contributed by atoms with E-state index in [4.69, 9.17) is 11.6 Å². The minimum atomic E-state index is -4.65. The number of hydrogen-bond acceptors (Lipinski definition) is 4. The maximum Gasteiger partial charge on any atom is 0.433 e. The molecule has 1 fully saturated rings. The van der Waals surface area contributed by atoms with Crippen LogP contribution >= 0.6 is 11.6 Å². The quantitative estimate of drug-likeness (QED) is 0.652. The summed E-state index contributed by atoms with van der Waals surface area (Å²) < 4.78 is 53.4. The van der Waals surface area contributed by atoms with Gasteiger partial charge in [-0.15, -0.1) is 0 Å². The largest absolute Gasteiger partial charge is 0.433 e. The molecule has 1 aliphatic rings. The second-order valence-electron chi connectivity index (χ2n) is 6.16. The van der Waals surface area contributed by atoms with Gasteiger partial charge < -0.3 is 10.6 Å². The highest BCUT2D eigenvalue weighted by Gasteiger charge is 2.34. The molecule has 0 unspecified atom stereocenters. The van der Waals surface area contributed by atoms with Crippen LogP contribution in [0.4, 0.5) is 35.0 Å². The van der Waals surface area contributed by atoms with Crippen LogP contribution in [-0.4, -0.2) is 16.0 Å². The lowest BCUT2D eigenvalue weighted by atomic mass is 9.96. The van der Waals surface area contributed by atoms with E-state index in [0.29, 0.717) is 0 Å². The molecule has 4 nitrogen and oxygen atoms in total. The molecule has 0 radical (unpaired) electrons. The Morgan fingerprint density at radius 3 is 2.46 bits per heavy atom. The van der Waals surface area contributed by atoms with Crippen molar-refractivity contribution in [3.63, 3.8) is 0 Å². The summed E-state index contributed by atoms with van der Waals surface area (Å²) >= 11 is 5.92. The fourth-order valence-electron chi connectivity index (χ4n) is 2.90. The Balaban J connectivity index is 1.92. The van der Waals surface area contributed by atoms with E-state index in [-0.39, 0.29) is 28.5 Å². The Kier molecular flexibility index (Phi) is 5.50. The second-order valence-corrected chi connectivity index (χ2v) is 6.57. The first kappa shape index (κ1) is 18.7. The summed E-state index contributed by atoms with van der Waals surface area (Å²) in [6, 6.07) is 4.74. The number of benzene rings is 1. The van der Waals surface area contributed by atoms with Crippen LogP contribution in [0.15, 0.2) is 24.3 Å². The van der Waals surface area contributed by atoms with Crippen molar-refractivity contribution >= 4 is 29.1 Å². The fourth-order valence-corrected chi connectivity index (χ4v) is 3.11. The molecular weight excluding hydrogens is 372 g/mol. The molecule has 2 N–H and O–H groups in total. The van der Waals surface area contributed by atoms with E-state index in [0.717, 1.165) is 44.2 Å². The Bertz CT molecular complexity index is 756. The second kappa shape index (κ2) is 7.65. The van der Waals surface area contributed by atoms with Gasteiger partial charge in [-0.2, -0.15) is 18.2 Å². The van der Waals surface area contributed by atoms with Crippen molar-refractivity contribution in [1.29, 1.82) is 0 Å². The van der Waals surface area contributed by atoms with E-state index in [1.165, 1.54) is 12.1 Å². The highest BCUT2D eigenvalue weighted by atomic mass is 35.5. The Hall–Kier alpha value is -2.09. The molecule has 3 rings (SSSR count). The predicted octanol–water partition coefficient (Wildman–Crippen LogP) is 5.78. The van der Waals surface area contributed by atoms with Gasteiger partial charge in [0.25, 0.3) is 0 Å². The maximum absolute atomic E-state index is 13.9. The highest BCUT2D eigenvalue weighted by molar-refractivity contribution is 6.33. The number of halogens is 5. The zero-order valence-corrected chi connectivity index (χ0v) is 14.5. The number of nitrogens with zero attached hydrogens (tertiary/aromatic N) is 2.